The number of imidazole rings is 1. The molecule has 0 aliphatic rings. The number of anilines is 1. The lowest BCUT2D eigenvalue weighted by molar-refractivity contribution is 1.09. The number of aromatic nitrogens is 3. The Bertz CT molecular complexity index is 1260. The lowest BCUT2D eigenvalue weighted by Gasteiger charge is -2.11. The number of thioether (sulfide) groups is 1. The highest BCUT2D eigenvalue weighted by Gasteiger charge is 2.21. The van der Waals surface area contributed by atoms with Gasteiger partial charge in [0.05, 0.1) is 22.3 Å². The number of nitriles is 2. The van der Waals surface area contributed by atoms with Crippen molar-refractivity contribution in [1.29, 1.82) is 10.5 Å². The Hall–Kier alpha value is -3.33. The molecule has 3 N–H and O–H groups in total. The third-order valence-corrected chi connectivity index (χ3v) is 6.09. The normalized spacial score (nSPS) is 10.7. The van der Waals surface area contributed by atoms with Gasteiger partial charge in [-0.15, -0.1) is 11.3 Å². The smallest absolute Gasteiger partial charge is 0.143 e. The Balaban J connectivity index is 1.73. The summed E-state index contributed by atoms with van der Waals surface area (Å²) in [6.45, 7) is 2.03. The fourth-order valence-corrected chi connectivity index (χ4v) is 4.60. The Morgan fingerprint density at radius 2 is 2.00 bits per heavy atom. The SMILES string of the molecule is Cc1ccc2nc(CSc3nc(N)c(C#N)c(-c4cccs4)c3C#N)[nH]c2c1. The summed E-state index contributed by atoms with van der Waals surface area (Å²) in [7, 11) is 0. The minimum atomic E-state index is 0.132. The van der Waals surface area contributed by atoms with Gasteiger partial charge in [-0.3, -0.25) is 0 Å². The van der Waals surface area contributed by atoms with E-state index in [2.05, 4.69) is 27.1 Å². The van der Waals surface area contributed by atoms with Crippen LogP contribution in [0.2, 0.25) is 0 Å². The zero-order valence-electron chi connectivity index (χ0n) is 14.9. The van der Waals surface area contributed by atoms with Crippen LogP contribution in [0.5, 0.6) is 0 Å². The van der Waals surface area contributed by atoms with Crippen molar-refractivity contribution in [1.82, 2.24) is 15.0 Å². The molecule has 4 rings (SSSR count). The minimum absolute atomic E-state index is 0.132. The average Bonchev–Trinajstić information content (AvgIpc) is 3.34. The maximum atomic E-state index is 9.78. The van der Waals surface area contributed by atoms with E-state index >= 15 is 0 Å². The summed E-state index contributed by atoms with van der Waals surface area (Å²) in [6.07, 6.45) is 0. The number of hydrogen-bond donors (Lipinski definition) is 2. The molecule has 0 aliphatic carbocycles. The van der Waals surface area contributed by atoms with Gasteiger partial charge in [0, 0.05) is 10.4 Å². The van der Waals surface area contributed by atoms with Gasteiger partial charge >= 0.3 is 0 Å². The second-order valence-electron chi connectivity index (χ2n) is 6.12. The van der Waals surface area contributed by atoms with Gasteiger partial charge in [0.1, 0.15) is 34.4 Å². The molecule has 0 unspecified atom stereocenters. The molecule has 3 heterocycles. The Kier molecular flexibility index (Phi) is 4.74. The lowest BCUT2D eigenvalue weighted by atomic mass is 10.0. The average molecular weight is 403 g/mol. The van der Waals surface area contributed by atoms with E-state index in [-0.39, 0.29) is 11.4 Å². The Morgan fingerprint density at radius 1 is 1.18 bits per heavy atom. The molecule has 3 aromatic heterocycles. The number of benzene rings is 1. The Labute approximate surface area is 169 Å². The monoisotopic (exact) mass is 402 g/mol. The number of fused-ring (bicyclic) bond motifs is 1. The third kappa shape index (κ3) is 3.20. The molecule has 8 heteroatoms. The number of hydrogen-bond acceptors (Lipinski definition) is 7. The zero-order valence-corrected chi connectivity index (χ0v) is 16.5. The topological polar surface area (TPSA) is 115 Å². The van der Waals surface area contributed by atoms with Crippen molar-refractivity contribution in [3.63, 3.8) is 0 Å². The van der Waals surface area contributed by atoms with E-state index in [0.29, 0.717) is 21.9 Å². The number of rotatable bonds is 4. The molecule has 6 nitrogen and oxygen atoms in total. The standard InChI is InChI=1S/C20H14N6S2/c1-11-4-5-14-15(7-11)25-17(24-14)10-28-20-13(9-22)18(16-3-2-6-27-16)12(8-21)19(23)26-20/h2-7H,10H2,1H3,(H2,23,26)(H,24,25). The highest BCUT2D eigenvalue weighted by atomic mass is 32.2. The molecular formula is C20H14N6S2. The number of nitrogens with two attached hydrogens (primary N) is 1. The van der Waals surface area contributed by atoms with E-state index in [1.165, 1.54) is 23.1 Å². The van der Waals surface area contributed by atoms with Gasteiger partial charge in [0.15, 0.2) is 0 Å². The van der Waals surface area contributed by atoms with Gasteiger partial charge in [0.2, 0.25) is 0 Å². The summed E-state index contributed by atoms with van der Waals surface area (Å²) in [4.78, 5) is 13.0. The second kappa shape index (κ2) is 7.35. The van der Waals surface area contributed by atoms with E-state index < -0.39 is 0 Å². The van der Waals surface area contributed by atoms with Gasteiger partial charge in [-0.05, 0) is 36.1 Å². The van der Waals surface area contributed by atoms with Crippen molar-refractivity contribution < 1.29 is 0 Å². The summed E-state index contributed by atoms with van der Waals surface area (Å²) < 4.78 is 0. The van der Waals surface area contributed by atoms with Crippen LogP contribution in [-0.2, 0) is 5.75 Å². The maximum absolute atomic E-state index is 9.78. The summed E-state index contributed by atoms with van der Waals surface area (Å²) in [5, 5.41) is 21.7. The molecule has 0 amide bonds. The van der Waals surface area contributed by atoms with E-state index in [9.17, 15) is 10.5 Å². The van der Waals surface area contributed by atoms with Crippen LogP contribution < -0.4 is 5.73 Å². The molecule has 4 aromatic rings. The highest BCUT2D eigenvalue weighted by Crippen LogP contribution is 2.38. The van der Waals surface area contributed by atoms with Crippen LogP contribution in [0.3, 0.4) is 0 Å². The van der Waals surface area contributed by atoms with Gasteiger partial charge in [-0.1, -0.05) is 23.9 Å². The van der Waals surface area contributed by atoms with Crippen molar-refractivity contribution in [2.75, 3.05) is 5.73 Å². The zero-order chi connectivity index (χ0) is 19.7. The molecule has 0 bridgehead atoms. The fourth-order valence-electron chi connectivity index (χ4n) is 2.95. The summed E-state index contributed by atoms with van der Waals surface area (Å²) in [6, 6.07) is 14.1. The molecular weight excluding hydrogens is 388 g/mol. The van der Waals surface area contributed by atoms with Crippen LogP contribution in [0.4, 0.5) is 5.82 Å². The largest absolute Gasteiger partial charge is 0.383 e. The first-order chi connectivity index (χ1) is 13.6. The third-order valence-electron chi connectivity index (χ3n) is 4.22. The minimum Gasteiger partial charge on any atom is -0.383 e. The van der Waals surface area contributed by atoms with Crippen molar-refractivity contribution in [3.05, 3.63) is 58.2 Å². The second-order valence-corrected chi connectivity index (χ2v) is 8.03. The predicted molar refractivity (Wildman–Crippen MR) is 112 cm³/mol. The number of nitrogens with one attached hydrogen (secondary N) is 1. The first-order valence-corrected chi connectivity index (χ1v) is 10.2. The first kappa shape index (κ1) is 18.1. The molecule has 0 radical (unpaired) electrons. The van der Waals surface area contributed by atoms with Gasteiger partial charge in [0.25, 0.3) is 0 Å². The van der Waals surface area contributed by atoms with Gasteiger partial charge in [-0.25, -0.2) is 9.97 Å². The van der Waals surface area contributed by atoms with Gasteiger partial charge < -0.3 is 10.7 Å². The molecule has 28 heavy (non-hydrogen) atoms. The van der Waals surface area contributed by atoms with E-state index in [0.717, 1.165) is 27.3 Å². The number of aromatic amines is 1. The van der Waals surface area contributed by atoms with E-state index in [4.69, 9.17) is 5.73 Å². The number of nitrogens with zero attached hydrogens (tertiary/aromatic N) is 4. The van der Waals surface area contributed by atoms with Crippen LogP contribution >= 0.6 is 23.1 Å². The fraction of sp³-hybridized carbons (Fsp3) is 0.100. The number of thiophene rings is 1. The van der Waals surface area contributed by atoms with Crippen molar-refractivity contribution in [2.24, 2.45) is 0 Å². The first-order valence-electron chi connectivity index (χ1n) is 8.36. The molecule has 1 aromatic carbocycles. The van der Waals surface area contributed by atoms with Crippen molar-refractivity contribution in [3.8, 4) is 22.6 Å². The molecule has 0 spiro atoms. The number of nitrogen functional groups attached to an aromatic ring is 1. The predicted octanol–water partition coefficient (Wildman–Crippen LogP) is 4.61. The summed E-state index contributed by atoms with van der Waals surface area (Å²) in [5.74, 6) is 1.43. The molecule has 0 aliphatic heterocycles. The molecule has 136 valence electrons. The summed E-state index contributed by atoms with van der Waals surface area (Å²) >= 11 is 2.83. The quantitative estimate of drug-likeness (QED) is 0.482. The molecule has 0 saturated heterocycles. The van der Waals surface area contributed by atoms with E-state index in [1.807, 2.05) is 42.6 Å². The van der Waals surface area contributed by atoms with Crippen LogP contribution in [0.25, 0.3) is 21.5 Å². The Morgan fingerprint density at radius 3 is 2.71 bits per heavy atom. The summed E-state index contributed by atoms with van der Waals surface area (Å²) in [5.41, 5.74) is 10.2. The molecule has 0 atom stereocenters. The van der Waals surface area contributed by atoms with Crippen LogP contribution in [0.1, 0.15) is 22.5 Å². The number of aryl methyl sites for hydroxylation is 1. The van der Waals surface area contributed by atoms with Gasteiger partial charge in [-0.2, -0.15) is 10.5 Å². The van der Waals surface area contributed by atoms with Crippen molar-refractivity contribution >= 4 is 39.9 Å². The number of pyridine rings is 1. The number of H-pyrrole nitrogens is 1. The maximum Gasteiger partial charge on any atom is 0.143 e. The van der Waals surface area contributed by atoms with Crippen LogP contribution in [0.15, 0.2) is 40.7 Å². The molecule has 0 fully saturated rings. The van der Waals surface area contributed by atoms with Crippen molar-refractivity contribution in [2.45, 2.75) is 17.7 Å². The van der Waals surface area contributed by atoms with Crippen LogP contribution in [0, 0.1) is 29.6 Å². The highest BCUT2D eigenvalue weighted by molar-refractivity contribution is 7.98. The van der Waals surface area contributed by atoms with E-state index in [1.54, 1.807) is 0 Å². The van der Waals surface area contributed by atoms with Crippen LogP contribution in [-0.4, -0.2) is 15.0 Å². The lowest BCUT2D eigenvalue weighted by Crippen LogP contribution is -2.03. The molecule has 0 saturated carbocycles.